The molecule has 8 heteroatoms. The van der Waals surface area contributed by atoms with E-state index in [-0.39, 0.29) is 30.1 Å². The number of carbonyl (C=O) groups is 1. The van der Waals surface area contributed by atoms with Gasteiger partial charge in [-0.05, 0) is 43.5 Å². The molecule has 2 aromatic carbocycles. The summed E-state index contributed by atoms with van der Waals surface area (Å²) >= 11 is 0. The Balaban J connectivity index is 2.13. The molecule has 170 valence electrons. The second-order valence-electron chi connectivity index (χ2n) is 7.17. The van der Waals surface area contributed by atoms with Gasteiger partial charge in [-0.1, -0.05) is 43.3 Å². The van der Waals surface area contributed by atoms with Crippen molar-refractivity contribution in [3.8, 4) is 11.5 Å². The minimum Gasteiger partial charge on any atom is -0.493 e. The van der Waals surface area contributed by atoms with Crippen LogP contribution in [-0.4, -0.2) is 44.7 Å². The van der Waals surface area contributed by atoms with E-state index >= 15 is 0 Å². The number of ether oxygens (including phenoxy) is 2. The summed E-state index contributed by atoms with van der Waals surface area (Å²) in [7, 11) is -2.26. The normalized spacial score (nSPS) is 12.3. The first-order chi connectivity index (χ1) is 14.8. The monoisotopic (exact) mass is 449 g/mol. The maximum Gasteiger partial charge on any atom is 0.309 e. The second-order valence-corrected chi connectivity index (χ2v) is 9.03. The van der Waals surface area contributed by atoms with Gasteiger partial charge in [0.15, 0.2) is 11.5 Å². The first kappa shape index (κ1) is 24.7. The number of amides is 1. The lowest BCUT2D eigenvalue weighted by atomic mass is 10.1. The van der Waals surface area contributed by atoms with Crippen LogP contribution in [0.1, 0.15) is 38.3 Å². The van der Waals surface area contributed by atoms with Gasteiger partial charge in [-0.2, -0.15) is 8.42 Å². The number of carbonyl (C=O) groups excluding carboxylic acids is 1. The van der Waals surface area contributed by atoms with Crippen molar-refractivity contribution >= 4 is 16.0 Å². The van der Waals surface area contributed by atoms with Gasteiger partial charge in [-0.3, -0.25) is 4.79 Å². The number of methoxy groups -OCH3 is 1. The van der Waals surface area contributed by atoms with E-state index in [2.05, 4.69) is 0 Å². The van der Waals surface area contributed by atoms with E-state index in [4.69, 9.17) is 13.7 Å². The van der Waals surface area contributed by atoms with Crippen LogP contribution in [0.15, 0.2) is 48.5 Å². The Bertz CT molecular complexity index is 946. The van der Waals surface area contributed by atoms with Crippen LogP contribution in [0, 0.1) is 0 Å². The van der Waals surface area contributed by atoms with Crippen LogP contribution in [0.5, 0.6) is 11.5 Å². The Morgan fingerprint density at radius 3 is 2.35 bits per heavy atom. The molecule has 0 bridgehead atoms. The maximum absolute atomic E-state index is 12.9. The van der Waals surface area contributed by atoms with Gasteiger partial charge in [0.25, 0.3) is 0 Å². The lowest BCUT2D eigenvalue weighted by Gasteiger charge is -2.29. The van der Waals surface area contributed by atoms with Gasteiger partial charge in [-0.25, -0.2) is 0 Å². The highest BCUT2D eigenvalue weighted by Crippen LogP contribution is 2.30. The Kier molecular flexibility index (Phi) is 9.33. The Labute approximate surface area is 185 Å². The molecule has 0 heterocycles. The molecule has 0 aliphatic heterocycles. The molecule has 0 saturated heterocycles. The maximum atomic E-state index is 12.9. The fourth-order valence-corrected chi connectivity index (χ4v) is 3.42. The van der Waals surface area contributed by atoms with E-state index in [0.29, 0.717) is 18.9 Å². The third-order valence-corrected chi connectivity index (χ3v) is 6.07. The predicted molar refractivity (Wildman–Crippen MR) is 119 cm³/mol. The average molecular weight is 450 g/mol. The second kappa shape index (κ2) is 11.7. The molecule has 2 rings (SSSR count). The molecule has 0 fully saturated rings. The average Bonchev–Trinajstić information content (AvgIpc) is 2.77. The molecular formula is C23H31NO6S. The molecule has 31 heavy (non-hydrogen) atoms. The molecule has 1 unspecified atom stereocenters. The number of hydrogen-bond acceptors (Lipinski definition) is 6. The SMILES string of the molecule is CCC(C)N(Cc1ccc(OC)c(OS(=O)(=O)CC)c1)C(=O)COCc1ccccc1. The van der Waals surface area contributed by atoms with E-state index in [1.165, 1.54) is 14.0 Å². The van der Waals surface area contributed by atoms with Gasteiger partial charge in [0.1, 0.15) is 6.61 Å². The molecule has 0 aromatic heterocycles. The van der Waals surface area contributed by atoms with Crippen molar-refractivity contribution in [3.63, 3.8) is 0 Å². The van der Waals surface area contributed by atoms with Crippen LogP contribution in [0.4, 0.5) is 0 Å². The standard InChI is InChI=1S/C23H31NO6S/c1-5-18(3)24(23(25)17-29-16-19-10-8-7-9-11-19)15-20-12-13-21(28-4)22(14-20)30-31(26,27)6-2/h7-14,18H,5-6,15-17H2,1-4H3. The number of nitrogens with zero attached hydrogens (tertiary/aromatic N) is 1. The van der Waals surface area contributed by atoms with Crippen molar-refractivity contribution in [2.45, 2.75) is 46.4 Å². The van der Waals surface area contributed by atoms with Crippen LogP contribution >= 0.6 is 0 Å². The van der Waals surface area contributed by atoms with Crippen molar-refractivity contribution in [3.05, 3.63) is 59.7 Å². The predicted octanol–water partition coefficient (Wildman–Crippen LogP) is 3.77. The number of hydrogen-bond donors (Lipinski definition) is 0. The topological polar surface area (TPSA) is 82.1 Å². The van der Waals surface area contributed by atoms with Crippen LogP contribution in [-0.2, 0) is 32.8 Å². The van der Waals surface area contributed by atoms with E-state index < -0.39 is 10.1 Å². The third kappa shape index (κ3) is 7.56. The molecule has 0 aliphatic carbocycles. The molecule has 0 radical (unpaired) electrons. The summed E-state index contributed by atoms with van der Waals surface area (Å²) in [5, 5.41) is 0. The van der Waals surface area contributed by atoms with Gasteiger partial charge < -0.3 is 18.6 Å². The Morgan fingerprint density at radius 2 is 1.74 bits per heavy atom. The summed E-state index contributed by atoms with van der Waals surface area (Å²) in [4.78, 5) is 14.6. The molecule has 0 aliphatic rings. The minimum atomic E-state index is -3.71. The zero-order valence-corrected chi connectivity index (χ0v) is 19.4. The van der Waals surface area contributed by atoms with Crippen molar-refractivity contribution in [1.29, 1.82) is 0 Å². The van der Waals surface area contributed by atoms with Crippen molar-refractivity contribution in [2.24, 2.45) is 0 Å². The highest BCUT2D eigenvalue weighted by Gasteiger charge is 2.21. The van der Waals surface area contributed by atoms with Crippen LogP contribution < -0.4 is 8.92 Å². The molecular weight excluding hydrogens is 418 g/mol. The van der Waals surface area contributed by atoms with Gasteiger partial charge in [0, 0.05) is 12.6 Å². The van der Waals surface area contributed by atoms with Crippen molar-refractivity contribution in [2.75, 3.05) is 19.5 Å². The van der Waals surface area contributed by atoms with Gasteiger partial charge in [0.05, 0.1) is 19.5 Å². The lowest BCUT2D eigenvalue weighted by Crippen LogP contribution is -2.40. The van der Waals surface area contributed by atoms with E-state index in [1.54, 1.807) is 23.1 Å². The van der Waals surface area contributed by atoms with Crippen LogP contribution in [0.25, 0.3) is 0 Å². The van der Waals surface area contributed by atoms with Gasteiger partial charge in [0.2, 0.25) is 5.91 Å². The van der Waals surface area contributed by atoms with Gasteiger partial charge >= 0.3 is 10.1 Å². The van der Waals surface area contributed by atoms with Gasteiger partial charge in [-0.15, -0.1) is 0 Å². The summed E-state index contributed by atoms with van der Waals surface area (Å²) in [5.74, 6) is 0.133. The summed E-state index contributed by atoms with van der Waals surface area (Å²) < 4.78 is 39.8. The highest BCUT2D eigenvalue weighted by atomic mass is 32.2. The number of benzene rings is 2. The largest absolute Gasteiger partial charge is 0.493 e. The minimum absolute atomic E-state index is 0.0151. The van der Waals surface area contributed by atoms with Crippen LogP contribution in [0.3, 0.4) is 0 Å². The first-order valence-electron chi connectivity index (χ1n) is 10.3. The van der Waals surface area contributed by atoms with Crippen molar-refractivity contribution < 1.29 is 26.9 Å². The van der Waals surface area contributed by atoms with E-state index in [9.17, 15) is 13.2 Å². The summed E-state index contributed by atoms with van der Waals surface area (Å²) in [6.45, 7) is 6.10. The molecule has 1 atom stereocenters. The summed E-state index contributed by atoms with van der Waals surface area (Å²) in [6.07, 6.45) is 0.772. The molecule has 2 aromatic rings. The molecule has 0 N–H and O–H groups in total. The van der Waals surface area contributed by atoms with E-state index in [1.807, 2.05) is 44.2 Å². The van der Waals surface area contributed by atoms with Crippen molar-refractivity contribution in [1.82, 2.24) is 4.90 Å². The molecule has 0 saturated carbocycles. The fraction of sp³-hybridized carbons (Fsp3) is 0.435. The molecule has 7 nitrogen and oxygen atoms in total. The zero-order valence-electron chi connectivity index (χ0n) is 18.5. The highest BCUT2D eigenvalue weighted by molar-refractivity contribution is 7.87. The molecule has 0 spiro atoms. The Morgan fingerprint density at radius 1 is 1.03 bits per heavy atom. The smallest absolute Gasteiger partial charge is 0.309 e. The first-order valence-corrected chi connectivity index (χ1v) is 11.9. The summed E-state index contributed by atoms with van der Waals surface area (Å²) in [6, 6.07) is 14.7. The lowest BCUT2D eigenvalue weighted by molar-refractivity contribution is -0.139. The zero-order chi connectivity index (χ0) is 22.9. The molecule has 1 amide bonds. The fourth-order valence-electron chi connectivity index (χ4n) is 2.90. The van der Waals surface area contributed by atoms with E-state index in [0.717, 1.165) is 17.5 Å². The van der Waals surface area contributed by atoms with Crippen LogP contribution in [0.2, 0.25) is 0 Å². The summed E-state index contributed by atoms with van der Waals surface area (Å²) in [5.41, 5.74) is 1.73. The quantitative estimate of drug-likeness (QED) is 0.459. The number of rotatable bonds is 12. The Hall–Kier alpha value is -2.58. The third-order valence-electron chi connectivity index (χ3n) is 4.93.